The summed E-state index contributed by atoms with van der Waals surface area (Å²) in [5.41, 5.74) is 13.7. The second-order valence-electron chi connectivity index (χ2n) is 14.4. The van der Waals surface area contributed by atoms with E-state index in [1.54, 1.807) is 0 Å². The van der Waals surface area contributed by atoms with Crippen molar-refractivity contribution in [3.8, 4) is 50.6 Å². The molecule has 13 rings (SSSR count). The summed E-state index contributed by atoms with van der Waals surface area (Å²) >= 11 is 0. The monoisotopic (exact) mass is 701 g/mol. The predicted molar refractivity (Wildman–Crippen MR) is 223 cm³/mol. The smallest absolute Gasteiger partial charge is 0.253 e. The highest BCUT2D eigenvalue weighted by atomic mass is 16.3. The Kier molecular flexibility index (Phi) is 5.54. The Balaban J connectivity index is 1.06. The molecule has 1 aliphatic carbocycles. The number of hydrogen-bond acceptors (Lipinski definition) is 4. The van der Waals surface area contributed by atoms with Gasteiger partial charge in [0, 0.05) is 38.1 Å². The van der Waals surface area contributed by atoms with Crippen LogP contribution in [0.3, 0.4) is 0 Å². The van der Waals surface area contributed by atoms with Crippen LogP contribution in [0, 0.1) is 0 Å². The number of rotatable bonds is 3. The molecule has 4 aromatic heterocycles. The number of para-hydroxylation sites is 3. The van der Waals surface area contributed by atoms with Gasteiger partial charge in [-0.3, -0.25) is 0 Å². The molecular formula is C49H27N5O. The number of benzene rings is 8. The summed E-state index contributed by atoms with van der Waals surface area (Å²) < 4.78 is 10.6. The lowest BCUT2D eigenvalue weighted by atomic mass is 9.93. The van der Waals surface area contributed by atoms with E-state index in [0.29, 0.717) is 11.6 Å². The second-order valence-corrected chi connectivity index (χ2v) is 14.4. The van der Waals surface area contributed by atoms with E-state index >= 15 is 0 Å². The highest BCUT2D eigenvalue weighted by Crippen LogP contribution is 2.50. The van der Waals surface area contributed by atoms with Crippen LogP contribution in [0.5, 0.6) is 0 Å². The molecule has 1 aliphatic rings. The third kappa shape index (κ3) is 3.84. The molecule has 6 heteroatoms. The van der Waals surface area contributed by atoms with Gasteiger partial charge in [-0.25, -0.2) is 4.98 Å². The minimum Gasteiger partial charge on any atom is -0.456 e. The molecule has 0 unspecified atom stereocenters. The van der Waals surface area contributed by atoms with Crippen LogP contribution in [0.1, 0.15) is 0 Å². The van der Waals surface area contributed by atoms with Crippen LogP contribution in [0.2, 0.25) is 0 Å². The van der Waals surface area contributed by atoms with Crippen molar-refractivity contribution in [2.75, 3.05) is 0 Å². The Morgan fingerprint density at radius 1 is 0.436 bits per heavy atom. The Hall–Kier alpha value is -7.57. The zero-order valence-electron chi connectivity index (χ0n) is 29.2. The molecule has 0 bridgehead atoms. The van der Waals surface area contributed by atoms with Gasteiger partial charge in [-0.05, 0) is 81.6 Å². The third-order valence-corrected chi connectivity index (χ3v) is 11.5. The second kappa shape index (κ2) is 10.5. The lowest BCUT2D eigenvalue weighted by molar-refractivity contribution is 0.669. The molecular weight excluding hydrogens is 675 g/mol. The molecule has 0 saturated carbocycles. The Morgan fingerprint density at radius 3 is 2.00 bits per heavy atom. The van der Waals surface area contributed by atoms with E-state index < -0.39 is 0 Å². The summed E-state index contributed by atoms with van der Waals surface area (Å²) in [6.07, 6.45) is 0. The molecule has 0 radical (unpaired) electrons. The molecule has 12 aromatic rings. The van der Waals surface area contributed by atoms with Crippen LogP contribution < -0.4 is 0 Å². The van der Waals surface area contributed by atoms with Gasteiger partial charge in [-0.15, -0.1) is 5.10 Å². The lowest BCUT2D eigenvalue weighted by Crippen LogP contribution is -1.99. The van der Waals surface area contributed by atoms with Crippen LogP contribution in [0.15, 0.2) is 168 Å². The van der Waals surface area contributed by atoms with Crippen molar-refractivity contribution in [3.63, 3.8) is 0 Å². The Morgan fingerprint density at radius 2 is 1.11 bits per heavy atom. The zero-order chi connectivity index (χ0) is 35.8. The highest BCUT2D eigenvalue weighted by Gasteiger charge is 2.26. The maximum Gasteiger partial charge on any atom is 0.253 e. The standard InChI is InChI=1S/C49H27N5O/c1-2-13-31-30(12-1)34-17-9-11-28-24-26-41-46(44(28)34)45-35(31)18-10-21-40(45)53(41)38-19-6-4-16-37(38)48-51-49-50-47(36-15-3-7-20-39(36)54(49)52-48)29-23-25-33-32-14-5-8-22-42(32)55-43(33)27-29/h1-27H. The molecule has 55 heavy (non-hydrogen) atoms. The SMILES string of the molecule is c1ccc2c(c1)-c1cccc3ccc4c(c13)c1c-2cccc1n4-c1ccccc1-c1nc2nc(-c3ccc4c(c3)oc3ccccc34)c3ccccc3n2n1. The molecule has 0 atom stereocenters. The van der Waals surface area contributed by atoms with Crippen molar-refractivity contribution >= 4 is 71.2 Å². The fourth-order valence-electron chi connectivity index (χ4n) is 9.21. The van der Waals surface area contributed by atoms with E-state index in [9.17, 15) is 0 Å². The van der Waals surface area contributed by atoms with Crippen molar-refractivity contribution < 1.29 is 4.42 Å². The van der Waals surface area contributed by atoms with E-state index in [1.807, 2.05) is 34.8 Å². The topological polar surface area (TPSA) is 61.2 Å². The number of hydrogen-bond donors (Lipinski definition) is 0. The fourth-order valence-corrected chi connectivity index (χ4v) is 9.21. The summed E-state index contributed by atoms with van der Waals surface area (Å²) in [6, 6.07) is 58.0. The van der Waals surface area contributed by atoms with Gasteiger partial charge in [0.1, 0.15) is 11.2 Å². The quantitative estimate of drug-likeness (QED) is 0.184. The number of nitrogens with zero attached hydrogens (tertiary/aromatic N) is 5. The van der Waals surface area contributed by atoms with Crippen LogP contribution in [-0.2, 0) is 0 Å². The van der Waals surface area contributed by atoms with E-state index in [4.69, 9.17) is 19.5 Å². The summed E-state index contributed by atoms with van der Waals surface area (Å²) in [7, 11) is 0. The highest BCUT2D eigenvalue weighted by molar-refractivity contribution is 6.30. The zero-order valence-corrected chi connectivity index (χ0v) is 29.2. The number of furan rings is 1. The van der Waals surface area contributed by atoms with Gasteiger partial charge in [0.05, 0.1) is 27.9 Å². The average Bonchev–Trinajstić information content (AvgIpc) is 3.92. The molecule has 254 valence electrons. The Labute approximate surface area is 313 Å². The maximum absolute atomic E-state index is 6.28. The molecule has 0 aliphatic heterocycles. The largest absolute Gasteiger partial charge is 0.456 e. The molecule has 0 fully saturated rings. The van der Waals surface area contributed by atoms with Gasteiger partial charge in [0.15, 0.2) is 5.82 Å². The van der Waals surface area contributed by atoms with Gasteiger partial charge >= 0.3 is 0 Å². The van der Waals surface area contributed by atoms with Crippen molar-refractivity contribution in [2.45, 2.75) is 0 Å². The number of aromatic nitrogens is 5. The molecule has 6 nitrogen and oxygen atoms in total. The lowest BCUT2D eigenvalue weighted by Gasteiger charge is -2.15. The molecule has 0 spiro atoms. The maximum atomic E-state index is 6.28. The van der Waals surface area contributed by atoms with Gasteiger partial charge in [0.2, 0.25) is 0 Å². The summed E-state index contributed by atoms with van der Waals surface area (Å²) in [5.74, 6) is 1.15. The summed E-state index contributed by atoms with van der Waals surface area (Å²) in [6.45, 7) is 0. The molecule has 0 N–H and O–H groups in total. The van der Waals surface area contributed by atoms with Crippen LogP contribution >= 0.6 is 0 Å². The van der Waals surface area contributed by atoms with Gasteiger partial charge in [0.25, 0.3) is 5.78 Å². The van der Waals surface area contributed by atoms with Crippen LogP contribution in [-0.4, -0.2) is 24.1 Å². The van der Waals surface area contributed by atoms with Crippen molar-refractivity contribution in [3.05, 3.63) is 164 Å². The molecule has 8 aromatic carbocycles. The van der Waals surface area contributed by atoms with E-state index in [1.165, 1.54) is 43.8 Å². The minimum atomic E-state index is 0.536. The normalized spacial score (nSPS) is 12.4. The van der Waals surface area contributed by atoms with Gasteiger partial charge in [-0.1, -0.05) is 115 Å². The van der Waals surface area contributed by atoms with Crippen molar-refractivity contribution in [2.24, 2.45) is 0 Å². The van der Waals surface area contributed by atoms with E-state index in [-0.39, 0.29) is 0 Å². The van der Waals surface area contributed by atoms with Crippen molar-refractivity contribution in [1.29, 1.82) is 0 Å². The fraction of sp³-hybridized carbons (Fsp3) is 0. The molecule has 0 saturated heterocycles. The van der Waals surface area contributed by atoms with Crippen LogP contribution in [0.25, 0.3) is 122 Å². The first-order valence-corrected chi connectivity index (χ1v) is 18.5. The first-order valence-electron chi connectivity index (χ1n) is 18.5. The predicted octanol–water partition coefficient (Wildman–Crippen LogP) is 12.4. The Bertz CT molecular complexity index is 3620. The summed E-state index contributed by atoms with van der Waals surface area (Å²) in [4.78, 5) is 10.4. The average molecular weight is 702 g/mol. The van der Waals surface area contributed by atoms with Crippen LogP contribution in [0.4, 0.5) is 0 Å². The molecule has 4 heterocycles. The van der Waals surface area contributed by atoms with E-state index in [2.05, 4.69) is 138 Å². The van der Waals surface area contributed by atoms with Gasteiger partial charge in [-0.2, -0.15) is 9.50 Å². The third-order valence-electron chi connectivity index (χ3n) is 11.5. The first-order chi connectivity index (χ1) is 27.3. The summed E-state index contributed by atoms with van der Waals surface area (Å²) in [5, 5.41) is 13.4. The first kappa shape index (κ1) is 28.9. The van der Waals surface area contributed by atoms with Gasteiger partial charge < -0.3 is 8.98 Å². The minimum absolute atomic E-state index is 0.536. The number of fused-ring (bicyclic) bond motifs is 9. The van der Waals surface area contributed by atoms with E-state index in [0.717, 1.165) is 66.4 Å². The van der Waals surface area contributed by atoms with Crippen molar-refractivity contribution in [1.82, 2.24) is 24.1 Å². The molecule has 0 amide bonds.